The van der Waals surface area contributed by atoms with Crippen molar-refractivity contribution in [1.29, 1.82) is 0 Å². The van der Waals surface area contributed by atoms with Gasteiger partial charge in [-0.05, 0) is 12.1 Å². The first-order chi connectivity index (χ1) is 12.9. The van der Waals surface area contributed by atoms with Gasteiger partial charge in [0.15, 0.2) is 17.1 Å². The monoisotopic (exact) mass is 368 g/mol. The van der Waals surface area contributed by atoms with Crippen molar-refractivity contribution in [3.63, 3.8) is 0 Å². The molecule has 27 heavy (non-hydrogen) atoms. The van der Waals surface area contributed by atoms with E-state index in [-0.39, 0.29) is 29.9 Å². The van der Waals surface area contributed by atoms with Crippen LogP contribution in [0.1, 0.15) is 18.1 Å². The van der Waals surface area contributed by atoms with Crippen molar-refractivity contribution in [2.45, 2.75) is 19.8 Å². The fourth-order valence-electron chi connectivity index (χ4n) is 2.84. The van der Waals surface area contributed by atoms with Crippen LogP contribution < -0.4 is 16.6 Å². The summed E-state index contributed by atoms with van der Waals surface area (Å²) in [6, 6.07) is 5.23. The van der Waals surface area contributed by atoms with Crippen molar-refractivity contribution in [3.05, 3.63) is 50.8 Å². The molecule has 4 aromatic rings. The zero-order valence-electron chi connectivity index (χ0n) is 14.6. The van der Waals surface area contributed by atoms with Gasteiger partial charge in [0.05, 0.1) is 0 Å². The van der Waals surface area contributed by atoms with Crippen LogP contribution in [0.5, 0.6) is 0 Å². The van der Waals surface area contributed by atoms with E-state index in [4.69, 9.17) is 4.42 Å². The summed E-state index contributed by atoms with van der Waals surface area (Å²) in [4.78, 5) is 49.1. The normalized spacial score (nSPS) is 11.3. The van der Waals surface area contributed by atoms with E-state index < -0.39 is 11.2 Å². The summed E-state index contributed by atoms with van der Waals surface area (Å²) in [5, 5.41) is 2.79. The molecule has 3 aromatic heterocycles. The predicted molar refractivity (Wildman–Crippen MR) is 97.7 cm³/mol. The molecule has 4 rings (SSSR count). The van der Waals surface area contributed by atoms with E-state index in [9.17, 15) is 14.4 Å². The summed E-state index contributed by atoms with van der Waals surface area (Å²) in [7, 11) is 1.51. The van der Waals surface area contributed by atoms with Crippen molar-refractivity contribution >= 4 is 33.9 Å². The molecule has 0 bridgehead atoms. The number of nitrogens with one attached hydrogen (secondary N) is 3. The first-order valence-corrected chi connectivity index (χ1v) is 8.25. The van der Waals surface area contributed by atoms with Crippen LogP contribution in [-0.4, -0.2) is 30.4 Å². The fraction of sp³-hybridized carbons (Fsp3) is 0.235. The van der Waals surface area contributed by atoms with Gasteiger partial charge in [-0.2, -0.15) is 0 Å². The molecule has 0 spiro atoms. The first kappa shape index (κ1) is 16.8. The van der Waals surface area contributed by atoms with E-state index in [1.165, 1.54) is 11.6 Å². The molecule has 0 saturated heterocycles. The van der Waals surface area contributed by atoms with E-state index in [0.717, 1.165) is 5.52 Å². The van der Waals surface area contributed by atoms with Crippen molar-refractivity contribution in [2.24, 2.45) is 7.05 Å². The topological polar surface area (TPSA) is 139 Å². The van der Waals surface area contributed by atoms with Gasteiger partial charge in [0, 0.05) is 38.6 Å². The molecule has 1 amide bonds. The van der Waals surface area contributed by atoms with Crippen LogP contribution in [-0.2, 0) is 18.3 Å². The molecule has 10 heteroatoms. The number of imidazole rings is 1. The Balaban J connectivity index is 1.47. The third kappa shape index (κ3) is 3.12. The number of fused-ring (bicyclic) bond motifs is 2. The number of aromatic amines is 2. The number of aryl methyl sites for hydroxylation is 3. The molecule has 0 saturated carbocycles. The third-order valence-electron chi connectivity index (χ3n) is 4.17. The number of hydrogen-bond acceptors (Lipinski definition) is 6. The molecule has 0 aliphatic carbocycles. The first-order valence-electron chi connectivity index (χ1n) is 8.25. The second kappa shape index (κ2) is 6.24. The summed E-state index contributed by atoms with van der Waals surface area (Å²) in [6.07, 6.45) is 0.441. The molecule has 0 unspecified atom stereocenters. The van der Waals surface area contributed by atoms with Crippen LogP contribution >= 0.6 is 0 Å². The lowest BCUT2D eigenvalue weighted by molar-refractivity contribution is -0.116. The second-order valence-electron chi connectivity index (χ2n) is 6.16. The third-order valence-corrected chi connectivity index (χ3v) is 4.17. The highest BCUT2D eigenvalue weighted by molar-refractivity contribution is 5.92. The number of amides is 1. The van der Waals surface area contributed by atoms with Gasteiger partial charge in [-0.25, -0.2) is 14.8 Å². The summed E-state index contributed by atoms with van der Waals surface area (Å²) in [6.45, 7) is 1.76. The van der Waals surface area contributed by atoms with Crippen LogP contribution in [0.2, 0.25) is 0 Å². The number of anilines is 1. The Labute approximate surface area is 151 Å². The fourth-order valence-corrected chi connectivity index (χ4v) is 2.84. The maximum Gasteiger partial charge on any atom is 0.329 e. The Morgan fingerprint density at radius 2 is 2.07 bits per heavy atom. The summed E-state index contributed by atoms with van der Waals surface area (Å²) < 4.78 is 6.69. The molecule has 138 valence electrons. The number of rotatable bonds is 4. The van der Waals surface area contributed by atoms with Gasteiger partial charge in [-0.3, -0.25) is 19.1 Å². The summed E-state index contributed by atoms with van der Waals surface area (Å²) in [5.74, 6) is 0.796. The highest BCUT2D eigenvalue weighted by Gasteiger charge is 2.12. The highest BCUT2D eigenvalue weighted by atomic mass is 16.3. The molecule has 0 radical (unpaired) electrons. The van der Waals surface area contributed by atoms with E-state index in [0.29, 0.717) is 23.0 Å². The molecule has 0 aliphatic heterocycles. The number of aromatic nitrogens is 5. The van der Waals surface area contributed by atoms with Gasteiger partial charge in [-0.1, -0.05) is 0 Å². The van der Waals surface area contributed by atoms with Crippen molar-refractivity contribution in [1.82, 2.24) is 24.5 Å². The van der Waals surface area contributed by atoms with Crippen LogP contribution in [0.25, 0.3) is 22.3 Å². The van der Waals surface area contributed by atoms with Crippen LogP contribution in [0.15, 0.2) is 32.2 Å². The minimum absolute atomic E-state index is 0.152. The number of H-pyrrole nitrogens is 2. The minimum Gasteiger partial charge on any atom is -0.441 e. The summed E-state index contributed by atoms with van der Waals surface area (Å²) >= 11 is 0. The minimum atomic E-state index is -0.540. The molecular weight excluding hydrogens is 352 g/mol. The van der Waals surface area contributed by atoms with Gasteiger partial charge >= 0.3 is 5.69 Å². The Hall–Kier alpha value is -3.69. The SMILES string of the molecule is Cc1nc2ccc(NC(=O)CCc3nc4c([nH]3)c(=O)[nH]c(=O)n4C)cc2o1. The molecular formula is C17H16N6O4. The molecule has 0 aliphatic rings. The number of oxazole rings is 1. The van der Waals surface area contributed by atoms with Crippen molar-refractivity contribution in [2.75, 3.05) is 5.32 Å². The van der Waals surface area contributed by atoms with Gasteiger partial charge in [0.2, 0.25) is 5.91 Å². The quantitative estimate of drug-likeness (QED) is 0.490. The molecule has 0 fully saturated rings. The lowest BCUT2D eigenvalue weighted by atomic mass is 10.2. The zero-order valence-corrected chi connectivity index (χ0v) is 14.6. The van der Waals surface area contributed by atoms with Crippen molar-refractivity contribution in [3.8, 4) is 0 Å². The standard InChI is InChI=1S/C17H16N6O4/c1-8-18-10-4-3-9(7-11(10)27-8)19-13(24)6-5-12-20-14-15(21-12)23(2)17(26)22-16(14)25/h3-4,7H,5-6H2,1-2H3,(H,19,24)(H,20,21)(H,22,25,26). The Morgan fingerprint density at radius 1 is 1.26 bits per heavy atom. The van der Waals surface area contributed by atoms with Gasteiger partial charge in [0.25, 0.3) is 5.56 Å². The zero-order chi connectivity index (χ0) is 19.1. The average molecular weight is 368 g/mol. The smallest absolute Gasteiger partial charge is 0.329 e. The Morgan fingerprint density at radius 3 is 2.89 bits per heavy atom. The van der Waals surface area contributed by atoms with E-state index >= 15 is 0 Å². The average Bonchev–Trinajstić information content (AvgIpc) is 3.21. The van der Waals surface area contributed by atoms with Crippen LogP contribution in [0, 0.1) is 6.92 Å². The van der Waals surface area contributed by atoms with Gasteiger partial charge < -0.3 is 14.7 Å². The number of benzene rings is 1. The lowest BCUT2D eigenvalue weighted by Gasteiger charge is -2.04. The molecule has 0 atom stereocenters. The number of hydrogen-bond donors (Lipinski definition) is 3. The maximum absolute atomic E-state index is 12.2. The lowest BCUT2D eigenvalue weighted by Crippen LogP contribution is -2.28. The highest BCUT2D eigenvalue weighted by Crippen LogP contribution is 2.20. The number of carbonyl (C=O) groups excluding carboxylic acids is 1. The largest absolute Gasteiger partial charge is 0.441 e. The van der Waals surface area contributed by atoms with Gasteiger partial charge in [0.1, 0.15) is 16.9 Å². The Kier molecular flexibility index (Phi) is 3.87. The molecule has 1 aromatic carbocycles. The van der Waals surface area contributed by atoms with E-state index in [2.05, 4.69) is 25.3 Å². The molecule has 10 nitrogen and oxygen atoms in total. The van der Waals surface area contributed by atoms with Crippen LogP contribution in [0.3, 0.4) is 0 Å². The maximum atomic E-state index is 12.2. The summed E-state index contributed by atoms with van der Waals surface area (Å²) in [5.41, 5.74) is 1.32. The molecule has 3 heterocycles. The predicted octanol–water partition coefficient (Wildman–Crippen LogP) is 0.971. The van der Waals surface area contributed by atoms with E-state index in [1.54, 1.807) is 25.1 Å². The number of nitrogens with zero attached hydrogens (tertiary/aromatic N) is 3. The molecule has 3 N–H and O–H groups in total. The van der Waals surface area contributed by atoms with Gasteiger partial charge in [-0.15, -0.1) is 0 Å². The van der Waals surface area contributed by atoms with E-state index in [1.807, 2.05) is 0 Å². The number of carbonyl (C=O) groups is 1. The van der Waals surface area contributed by atoms with Crippen molar-refractivity contribution < 1.29 is 9.21 Å². The Bertz CT molecular complexity index is 1290. The van der Waals surface area contributed by atoms with Crippen LogP contribution in [0.4, 0.5) is 5.69 Å². The second-order valence-corrected chi connectivity index (χ2v) is 6.16.